The van der Waals surface area contributed by atoms with Gasteiger partial charge in [0.2, 0.25) is 5.88 Å². The normalized spacial score (nSPS) is 23.1. The molecule has 2 N–H and O–H groups in total. The first kappa shape index (κ1) is 19.9. The van der Waals surface area contributed by atoms with Gasteiger partial charge in [0.25, 0.3) is 0 Å². The summed E-state index contributed by atoms with van der Waals surface area (Å²) in [7, 11) is 0. The Morgan fingerprint density at radius 3 is 2.74 bits per heavy atom. The maximum atomic E-state index is 12.0. The Hall–Kier alpha value is -1.82. The van der Waals surface area contributed by atoms with Crippen LogP contribution in [-0.2, 0) is 11.3 Å². The molecule has 0 saturated heterocycles. The first-order chi connectivity index (χ1) is 13.2. The van der Waals surface area contributed by atoms with E-state index >= 15 is 0 Å². The number of amides is 2. The number of carbonyl (C=O) groups is 1. The van der Waals surface area contributed by atoms with Crippen molar-refractivity contribution in [2.24, 2.45) is 5.92 Å². The second kappa shape index (κ2) is 10.5. The van der Waals surface area contributed by atoms with Gasteiger partial charge in [-0.15, -0.1) is 0 Å². The van der Waals surface area contributed by atoms with Crippen molar-refractivity contribution in [3.8, 4) is 5.88 Å². The summed E-state index contributed by atoms with van der Waals surface area (Å²) in [5.41, 5.74) is 0.909. The van der Waals surface area contributed by atoms with Crippen molar-refractivity contribution < 1.29 is 14.3 Å². The molecule has 2 aliphatic rings. The molecule has 150 valence electrons. The summed E-state index contributed by atoms with van der Waals surface area (Å²) in [6.07, 6.45) is 11.9. The number of aromatic nitrogens is 1. The van der Waals surface area contributed by atoms with Gasteiger partial charge in [0.15, 0.2) is 0 Å². The number of nitrogens with one attached hydrogen (secondary N) is 2. The van der Waals surface area contributed by atoms with E-state index in [-0.39, 0.29) is 12.1 Å². The van der Waals surface area contributed by atoms with Crippen LogP contribution in [0.1, 0.15) is 63.9 Å². The number of urea groups is 1. The Kier molecular flexibility index (Phi) is 7.75. The van der Waals surface area contributed by atoms with Crippen LogP contribution in [0.15, 0.2) is 18.3 Å². The van der Waals surface area contributed by atoms with Crippen LogP contribution in [0.25, 0.3) is 0 Å². The molecule has 0 aliphatic heterocycles. The monoisotopic (exact) mass is 375 g/mol. The highest BCUT2D eigenvalue weighted by molar-refractivity contribution is 5.73. The fourth-order valence-electron chi connectivity index (χ4n) is 3.97. The molecule has 3 rings (SSSR count). The van der Waals surface area contributed by atoms with E-state index in [0.717, 1.165) is 24.8 Å². The molecule has 6 nitrogen and oxygen atoms in total. The van der Waals surface area contributed by atoms with Gasteiger partial charge in [-0.1, -0.05) is 25.8 Å². The predicted molar refractivity (Wildman–Crippen MR) is 105 cm³/mol. The maximum Gasteiger partial charge on any atom is 0.315 e. The van der Waals surface area contributed by atoms with Crippen LogP contribution in [0.4, 0.5) is 4.79 Å². The Labute approximate surface area is 162 Å². The average Bonchev–Trinajstić information content (AvgIpc) is 3.19. The molecular weight excluding hydrogens is 342 g/mol. The average molecular weight is 376 g/mol. The summed E-state index contributed by atoms with van der Waals surface area (Å²) < 4.78 is 11.9. The number of rotatable bonds is 8. The molecule has 27 heavy (non-hydrogen) atoms. The van der Waals surface area contributed by atoms with Crippen molar-refractivity contribution in [3.05, 3.63) is 23.9 Å². The molecule has 1 heterocycles. The van der Waals surface area contributed by atoms with Crippen molar-refractivity contribution in [3.63, 3.8) is 0 Å². The molecule has 2 amide bonds. The fourth-order valence-corrected chi connectivity index (χ4v) is 3.97. The second-order valence-electron chi connectivity index (χ2n) is 7.77. The van der Waals surface area contributed by atoms with Crippen LogP contribution < -0.4 is 15.4 Å². The molecule has 0 bridgehead atoms. The van der Waals surface area contributed by atoms with E-state index < -0.39 is 0 Å². The summed E-state index contributed by atoms with van der Waals surface area (Å²) in [5.74, 6) is 1.26. The van der Waals surface area contributed by atoms with Crippen LogP contribution in [0.3, 0.4) is 0 Å². The van der Waals surface area contributed by atoms with Gasteiger partial charge in [-0.2, -0.15) is 0 Å². The molecule has 0 radical (unpaired) electrons. The lowest BCUT2D eigenvalue weighted by molar-refractivity contribution is -0.00243. The summed E-state index contributed by atoms with van der Waals surface area (Å²) in [6, 6.07) is 3.63. The minimum atomic E-state index is -0.189. The highest BCUT2D eigenvalue weighted by Gasteiger charge is 2.21. The van der Waals surface area contributed by atoms with Gasteiger partial charge < -0.3 is 20.1 Å². The first-order valence-corrected chi connectivity index (χ1v) is 10.5. The van der Waals surface area contributed by atoms with E-state index in [2.05, 4.69) is 22.5 Å². The predicted octanol–water partition coefficient (Wildman–Crippen LogP) is 3.80. The number of carbonyl (C=O) groups excluding carboxylic acids is 1. The largest absolute Gasteiger partial charge is 0.474 e. The van der Waals surface area contributed by atoms with E-state index in [0.29, 0.717) is 37.6 Å². The minimum Gasteiger partial charge on any atom is -0.474 e. The highest BCUT2D eigenvalue weighted by atomic mass is 16.5. The van der Waals surface area contributed by atoms with Crippen molar-refractivity contribution in [2.45, 2.75) is 77.0 Å². The van der Waals surface area contributed by atoms with Crippen molar-refractivity contribution in [1.29, 1.82) is 0 Å². The molecule has 0 aromatic carbocycles. The van der Waals surface area contributed by atoms with Crippen molar-refractivity contribution in [1.82, 2.24) is 15.6 Å². The number of hydrogen-bond donors (Lipinski definition) is 2. The highest BCUT2D eigenvalue weighted by Crippen LogP contribution is 2.26. The van der Waals surface area contributed by atoms with Gasteiger partial charge in [-0.3, -0.25) is 0 Å². The third-order valence-electron chi connectivity index (χ3n) is 5.62. The van der Waals surface area contributed by atoms with E-state index in [9.17, 15) is 4.79 Å². The number of ether oxygens (including phenoxy) is 2. The van der Waals surface area contributed by atoms with Gasteiger partial charge >= 0.3 is 6.03 Å². The van der Waals surface area contributed by atoms with Gasteiger partial charge in [-0.25, -0.2) is 9.78 Å². The van der Waals surface area contributed by atoms with Crippen LogP contribution in [0, 0.1) is 5.92 Å². The lowest BCUT2D eigenvalue weighted by Gasteiger charge is -2.28. The SMILES string of the molecule is CC1CCCCC1OCCNC(=O)NCc1cccnc1OC1CCCC1. The Bertz CT molecular complexity index is 590. The van der Waals surface area contributed by atoms with E-state index in [4.69, 9.17) is 9.47 Å². The number of nitrogens with zero attached hydrogens (tertiary/aromatic N) is 1. The van der Waals surface area contributed by atoms with Gasteiger partial charge in [0.1, 0.15) is 6.10 Å². The third-order valence-corrected chi connectivity index (χ3v) is 5.62. The lowest BCUT2D eigenvalue weighted by atomic mass is 9.88. The van der Waals surface area contributed by atoms with Crippen LogP contribution in [0.5, 0.6) is 5.88 Å². The van der Waals surface area contributed by atoms with E-state index in [1.165, 1.54) is 32.1 Å². The second-order valence-corrected chi connectivity index (χ2v) is 7.77. The lowest BCUT2D eigenvalue weighted by Crippen LogP contribution is -2.38. The van der Waals surface area contributed by atoms with Crippen LogP contribution in [-0.4, -0.2) is 36.4 Å². The van der Waals surface area contributed by atoms with Crippen LogP contribution in [0.2, 0.25) is 0 Å². The summed E-state index contributed by atoms with van der Waals surface area (Å²) in [4.78, 5) is 16.4. The fraction of sp³-hybridized carbons (Fsp3) is 0.714. The molecule has 2 atom stereocenters. The standard InChI is InChI=1S/C21H33N3O3/c1-16-7-2-5-11-19(16)26-14-13-23-21(25)24-15-17-8-6-12-22-20(17)27-18-9-3-4-10-18/h6,8,12,16,18-19H,2-5,7,9-11,13-15H2,1H3,(H2,23,24,25). The summed E-state index contributed by atoms with van der Waals surface area (Å²) in [6.45, 7) is 3.74. The molecule has 2 aliphatic carbocycles. The Balaban J connectivity index is 1.35. The molecule has 1 aromatic rings. The van der Waals surface area contributed by atoms with Crippen LogP contribution >= 0.6 is 0 Å². The molecule has 2 saturated carbocycles. The van der Waals surface area contributed by atoms with E-state index in [1.54, 1.807) is 6.20 Å². The summed E-state index contributed by atoms with van der Waals surface area (Å²) >= 11 is 0. The quantitative estimate of drug-likeness (QED) is 0.678. The zero-order valence-corrected chi connectivity index (χ0v) is 16.4. The first-order valence-electron chi connectivity index (χ1n) is 10.5. The maximum absolute atomic E-state index is 12.0. The Morgan fingerprint density at radius 2 is 1.93 bits per heavy atom. The third kappa shape index (κ3) is 6.38. The zero-order valence-electron chi connectivity index (χ0n) is 16.4. The Morgan fingerprint density at radius 1 is 1.15 bits per heavy atom. The molecular formula is C21H33N3O3. The molecule has 0 spiro atoms. The molecule has 2 unspecified atom stereocenters. The topological polar surface area (TPSA) is 72.5 Å². The number of pyridine rings is 1. The molecule has 6 heteroatoms. The van der Waals surface area contributed by atoms with E-state index in [1.807, 2.05) is 12.1 Å². The summed E-state index contributed by atoms with van der Waals surface area (Å²) in [5, 5.41) is 5.75. The van der Waals surface area contributed by atoms with Gasteiger partial charge in [-0.05, 0) is 50.5 Å². The molecule has 2 fully saturated rings. The smallest absolute Gasteiger partial charge is 0.315 e. The number of hydrogen-bond acceptors (Lipinski definition) is 4. The van der Waals surface area contributed by atoms with Gasteiger partial charge in [0, 0.05) is 24.8 Å². The van der Waals surface area contributed by atoms with Gasteiger partial charge in [0.05, 0.1) is 12.7 Å². The molecule has 1 aromatic heterocycles. The van der Waals surface area contributed by atoms with Crippen molar-refractivity contribution in [2.75, 3.05) is 13.2 Å². The zero-order chi connectivity index (χ0) is 18.9. The van der Waals surface area contributed by atoms with Crippen molar-refractivity contribution >= 4 is 6.03 Å². The minimum absolute atomic E-state index is 0.189.